The van der Waals surface area contributed by atoms with Crippen LogP contribution in [0.25, 0.3) is 5.57 Å². The van der Waals surface area contributed by atoms with Crippen molar-refractivity contribution in [1.82, 2.24) is 9.78 Å². The second kappa shape index (κ2) is 3.01. The Balaban J connectivity index is 2.93. The summed E-state index contributed by atoms with van der Waals surface area (Å²) in [4.78, 5) is 0. The summed E-state index contributed by atoms with van der Waals surface area (Å²) in [6.07, 6.45) is 1.77. The number of allylic oxidation sites excluding steroid dienone is 1. The first kappa shape index (κ1) is 7.54. The molecule has 2 nitrogen and oxygen atoms in total. The number of halogens is 1. The largest absolute Gasteiger partial charge is 0.268 e. The van der Waals surface area contributed by atoms with E-state index in [1.54, 1.807) is 6.20 Å². The van der Waals surface area contributed by atoms with Gasteiger partial charge in [-0.3, -0.25) is 4.68 Å². The van der Waals surface area contributed by atoms with Gasteiger partial charge in [0.15, 0.2) is 0 Å². The van der Waals surface area contributed by atoms with Crippen molar-refractivity contribution in [2.24, 2.45) is 7.05 Å². The lowest BCUT2D eigenvalue weighted by atomic mass is 10.2. The summed E-state index contributed by atoms with van der Waals surface area (Å²) < 4.78 is 1.81. The van der Waals surface area contributed by atoms with Gasteiger partial charge in [-0.25, -0.2) is 0 Å². The fourth-order valence-corrected chi connectivity index (χ4v) is 1.08. The SMILES string of the molecule is C=C(CBr)c1ccnn1C. The zero-order valence-corrected chi connectivity index (χ0v) is 7.43. The van der Waals surface area contributed by atoms with Gasteiger partial charge in [-0.1, -0.05) is 22.5 Å². The Labute approximate surface area is 68.7 Å². The first-order chi connectivity index (χ1) is 4.75. The molecule has 0 N–H and O–H groups in total. The average molecular weight is 201 g/mol. The number of hydrogen-bond acceptors (Lipinski definition) is 1. The molecule has 0 unspecified atom stereocenters. The van der Waals surface area contributed by atoms with E-state index in [0.29, 0.717) is 0 Å². The average Bonchev–Trinajstić information content (AvgIpc) is 2.34. The molecule has 0 fully saturated rings. The third-order valence-corrected chi connectivity index (χ3v) is 2.02. The Morgan fingerprint density at radius 2 is 2.60 bits per heavy atom. The van der Waals surface area contributed by atoms with Crippen molar-refractivity contribution in [3.05, 3.63) is 24.5 Å². The van der Waals surface area contributed by atoms with Crippen LogP contribution in [-0.4, -0.2) is 15.1 Å². The standard InChI is InChI=1S/C7H9BrN2/c1-6(5-8)7-3-4-9-10(7)2/h3-4H,1,5H2,2H3. The number of aryl methyl sites for hydroxylation is 1. The molecule has 0 radical (unpaired) electrons. The molecule has 0 bridgehead atoms. The lowest BCUT2D eigenvalue weighted by molar-refractivity contribution is 0.756. The number of hydrogen-bond donors (Lipinski definition) is 0. The Kier molecular flexibility index (Phi) is 2.27. The van der Waals surface area contributed by atoms with Gasteiger partial charge in [-0.2, -0.15) is 5.10 Å². The van der Waals surface area contributed by atoms with Crippen molar-refractivity contribution in [2.45, 2.75) is 0 Å². The highest BCUT2D eigenvalue weighted by molar-refractivity contribution is 9.09. The van der Waals surface area contributed by atoms with Gasteiger partial charge in [-0.05, 0) is 11.6 Å². The van der Waals surface area contributed by atoms with Crippen molar-refractivity contribution in [2.75, 3.05) is 5.33 Å². The fraction of sp³-hybridized carbons (Fsp3) is 0.286. The van der Waals surface area contributed by atoms with Crippen molar-refractivity contribution in [3.63, 3.8) is 0 Å². The third-order valence-electron chi connectivity index (χ3n) is 1.34. The molecule has 0 aliphatic heterocycles. The first-order valence-electron chi connectivity index (χ1n) is 2.98. The molecule has 0 aliphatic carbocycles. The van der Waals surface area contributed by atoms with Crippen LogP contribution in [0.5, 0.6) is 0 Å². The lowest BCUT2D eigenvalue weighted by Crippen LogP contribution is -1.96. The molecule has 0 saturated carbocycles. The summed E-state index contributed by atoms with van der Waals surface area (Å²) in [5.41, 5.74) is 2.14. The number of aromatic nitrogens is 2. The summed E-state index contributed by atoms with van der Waals surface area (Å²) in [5.74, 6) is 0. The van der Waals surface area contributed by atoms with Crippen LogP contribution >= 0.6 is 15.9 Å². The Morgan fingerprint density at radius 3 is 3.00 bits per heavy atom. The number of nitrogens with zero attached hydrogens (tertiary/aromatic N) is 2. The summed E-state index contributed by atoms with van der Waals surface area (Å²) in [5, 5.41) is 4.82. The van der Waals surface area contributed by atoms with E-state index >= 15 is 0 Å². The number of rotatable bonds is 2. The number of alkyl halides is 1. The molecule has 0 amide bonds. The van der Waals surface area contributed by atoms with Gasteiger partial charge >= 0.3 is 0 Å². The molecular formula is C7H9BrN2. The highest BCUT2D eigenvalue weighted by Gasteiger charge is 1.99. The second-order valence-corrected chi connectivity index (χ2v) is 2.64. The van der Waals surface area contributed by atoms with E-state index in [2.05, 4.69) is 27.6 Å². The van der Waals surface area contributed by atoms with Crippen LogP contribution in [0, 0.1) is 0 Å². The molecule has 1 rings (SSSR count). The predicted molar refractivity (Wildman–Crippen MR) is 46.0 cm³/mol. The molecule has 1 aromatic rings. The van der Waals surface area contributed by atoms with Gasteiger partial charge in [0.25, 0.3) is 0 Å². The van der Waals surface area contributed by atoms with Crippen LogP contribution in [-0.2, 0) is 7.05 Å². The fourth-order valence-electron chi connectivity index (χ4n) is 0.789. The van der Waals surface area contributed by atoms with E-state index in [0.717, 1.165) is 16.6 Å². The van der Waals surface area contributed by atoms with E-state index in [9.17, 15) is 0 Å². The summed E-state index contributed by atoms with van der Waals surface area (Å²) in [6, 6.07) is 1.95. The Bertz CT molecular complexity index is 240. The minimum atomic E-state index is 0.798. The normalized spacial score (nSPS) is 9.80. The maximum Gasteiger partial charge on any atom is 0.0641 e. The maximum absolute atomic E-state index is 4.02. The van der Waals surface area contributed by atoms with Gasteiger partial charge in [-0.15, -0.1) is 0 Å². The molecule has 3 heteroatoms. The molecule has 0 aromatic carbocycles. The monoisotopic (exact) mass is 200 g/mol. The van der Waals surface area contributed by atoms with E-state index in [-0.39, 0.29) is 0 Å². The van der Waals surface area contributed by atoms with Crippen LogP contribution < -0.4 is 0 Å². The van der Waals surface area contributed by atoms with E-state index < -0.39 is 0 Å². The van der Waals surface area contributed by atoms with Gasteiger partial charge in [0.1, 0.15) is 0 Å². The minimum absolute atomic E-state index is 0.798. The quantitative estimate of drug-likeness (QED) is 0.667. The summed E-state index contributed by atoms with van der Waals surface area (Å²) in [7, 11) is 1.91. The van der Waals surface area contributed by atoms with Crippen LogP contribution in [0.2, 0.25) is 0 Å². The van der Waals surface area contributed by atoms with Crippen LogP contribution in [0.4, 0.5) is 0 Å². The molecule has 10 heavy (non-hydrogen) atoms. The minimum Gasteiger partial charge on any atom is -0.268 e. The summed E-state index contributed by atoms with van der Waals surface area (Å²) in [6.45, 7) is 3.87. The van der Waals surface area contributed by atoms with Crippen molar-refractivity contribution >= 4 is 21.5 Å². The topological polar surface area (TPSA) is 17.8 Å². The lowest BCUT2D eigenvalue weighted by Gasteiger charge is -1.99. The molecular weight excluding hydrogens is 192 g/mol. The van der Waals surface area contributed by atoms with Crippen molar-refractivity contribution in [1.29, 1.82) is 0 Å². The van der Waals surface area contributed by atoms with Gasteiger partial charge in [0, 0.05) is 18.6 Å². The zero-order chi connectivity index (χ0) is 7.56. The molecule has 0 atom stereocenters. The van der Waals surface area contributed by atoms with E-state index in [1.807, 2.05) is 17.8 Å². The van der Waals surface area contributed by atoms with Gasteiger partial charge < -0.3 is 0 Å². The maximum atomic E-state index is 4.02. The van der Waals surface area contributed by atoms with Crippen LogP contribution in [0.1, 0.15) is 5.69 Å². The summed E-state index contributed by atoms with van der Waals surface area (Å²) >= 11 is 3.33. The van der Waals surface area contributed by atoms with E-state index in [1.165, 1.54) is 0 Å². The molecule has 0 aliphatic rings. The van der Waals surface area contributed by atoms with E-state index in [4.69, 9.17) is 0 Å². The molecule has 1 aromatic heterocycles. The van der Waals surface area contributed by atoms with Crippen molar-refractivity contribution < 1.29 is 0 Å². The van der Waals surface area contributed by atoms with Crippen LogP contribution in [0.15, 0.2) is 18.8 Å². The smallest absolute Gasteiger partial charge is 0.0641 e. The van der Waals surface area contributed by atoms with Gasteiger partial charge in [0.2, 0.25) is 0 Å². The second-order valence-electron chi connectivity index (χ2n) is 2.08. The zero-order valence-electron chi connectivity index (χ0n) is 5.84. The molecule has 54 valence electrons. The highest BCUT2D eigenvalue weighted by atomic mass is 79.9. The third kappa shape index (κ3) is 1.29. The molecule has 0 saturated heterocycles. The molecule has 1 heterocycles. The van der Waals surface area contributed by atoms with Crippen molar-refractivity contribution in [3.8, 4) is 0 Å². The molecule has 0 spiro atoms. The van der Waals surface area contributed by atoms with Crippen LogP contribution in [0.3, 0.4) is 0 Å². The van der Waals surface area contributed by atoms with Gasteiger partial charge in [0.05, 0.1) is 5.69 Å². The first-order valence-corrected chi connectivity index (χ1v) is 4.10. The Hall–Kier alpha value is -0.570. The highest BCUT2D eigenvalue weighted by Crippen LogP contribution is 2.11. The predicted octanol–water partition coefficient (Wildman–Crippen LogP) is 1.83. The Morgan fingerprint density at radius 1 is 1.90 bits per heavy atom.